The second-order valence-corrected chi connectivity index (χ2v) is 10.9. The molecule has 0 radical (unpaired) electrons. The lowest BCUT2D eigenvalue weighted by molar-refractivity contribution is 0.481. The van der Waals surface area contributed by atoms with Crippen LogP contribution in [0.3, 0.4) is 0 Å². The van der Waals surface area contributed by atoms with Gasteiger partial charge in [-0.1, -0.05) is 20.8 Å². The molecular weight excluding hydrogens is 489 g/mol. The highest BCUT2D eigenvalue weighted by molar-refractivity contribution is 6.09. The van der Waals surface area contributed by atoms with Gasteiger partial charge in [0.1, 0.15) is 23.1 Å². The fourth-order valence-corrected chi connectivity index (χ4v) is 4.98. The standard InChI is InChI=1S/C32H28FN5O/c1-32(2,3)21-10-11-35-31(14-21)38-29-9-6-22(33)15-28(29)27-8-7-25(19-30(27)38)39-26-17-23(34-4)16-24(18-26)37-13-12-36(5)20-37/h6-19H,20H2,1-3,5H3. The first kappa shape index (κ1) is 24.5. The molecule has 0 atom stereocenters. The Morgan fingerprint density at radius 3 is 2.49 bits per heavy atom. The molecule has 0 saturated heterocycles. The van der Waals surface area contributed by atoms with Gasteiger partial charge in [0.25, 0.3) is 0 Å². The van der Waals surface area contributed by atoms with E-state index in [-0.39, 0.29) is 11.2 Å². The van der Waals surface area contributed by atoms with Crippen LogP contribution in [0.25, 0.3) is 32.5 Å². The minimum absolute atomic E-state index is 0.0538. The zero-order valence-electron chi connectivity index (χ0n) is 22.3. The molecule has 1 aliphatic heterocycles. The molecule has 0 aliphatic carbocycles. The summed E-state index contributed by atoms with van der Waals surface area (Å²) >= 11 is 0. The highest BCUT2D eigenvalue weighted by Gasteiger charge is 2.19. The molecule has 6 nitrogen and oxygen atoms in total. The summed E-state index contributed by atoms with van der Waals surface area (Å²) in [5.41, 5.74) is 4.21. The van der Waals surface area contributed by atoms with Crippen LogP contribution in [0.2, 0.25) is 0 Å². The summed E-state index contributed by atoms with van der Waals surface area (Å²) in [6.07, 6.45) is 5.79. The molecule has 5 aromatic rings. The number of hydrogen-bond donors (Lipinski definition) is 0. The first-order valence-electron chi connectivity index (χ1n) is 12.8. The van der Waals surface area contributed by atoms with E-state index >= 15 is 0 Å². The number of anilines is 1. The largest absolute Gasteiger partial charge is 0.459 e. The van der Waals surface area contributed by atoms with E-state index in [1.807, 2.05) is 62.0 Å². The van der Waals surface area contributed by atoms with Gasteiger partial charge in [-0.2, -0.15) is 0 Å². The summed E-state index contributed by atoms with van der Waals surface area (Å²) in [6.45, 7) is 14.8. The van der Waals surface area contributed by atoms with Gasteiger partial charge in [-0.25, -0.2) is 14.2 Å². The van der Waals surface area contributed by atoms with Crippen LogP contribution >= 0.6 is 0 Å². The number of fused-ring (bicyclic) bond motifs is 3. The summed E-state index contributed by atoms with van der Waals surface area (Å²) in [5, 5.41) is 1.71. The van der Waals surface area contributed by atoms with Gasteiger partial charge in [-0.05, 0) is 65.6 Å². The van der Waals surface area contributed by atoms with Crippen LogP contribution in [0.4, 0.5) is 15.8 Å². The molecule has 0 unspecified atom stereocenters. The fraction of sp³-hybridized carbons (Fsp3) is 0.188. The number of aromatic nitrogens is 2. The number of halogens is 1. The van der Waals surface area contributed by atoms with Crippen molar-refractivity contribution in [1.29, 1.82) is 0 Å². The number of pyridine rings is 1. The second-order valence-electron chi connectivity index (χ2n) is 10.9. The molecule has 3 aromatic carbocycles. The highest BCUT2D eigenvalue weighted by Crippen LogP contribution is 2.38. The van der Waals surface area contributed by atoms with Crippen LogP contribution in [0, 0.1) is 12.4 Å². The maximum atomic E-state index is 14.3. The van der Waals surface area contributed by atoms with E-state index in [4.69, 9.17) is 16.3 Å². The maximum absolute atomic E-state index is 14.3. The summed E-state index contributed by atoms with van der Waals surface area (Å²) in [5.74, 6) is 1.65. The molecule has 0 amide bonds. The van der Waals surface area contributed by atoms with E-state index in [0.29, 0.717) is 23.9 Å². The van der Waals surface area contributed by atoms with Gasteiger partial charge in [-0.3, -0.25) is 4.57 Å². The van der Waals surface area contributed by atoms with Crippen molar-refractivity contribution >= 4 is 33.2 Å². The summed E-state index contributed by atoms with van der Waals surface area (Å²) < 4.78 is 22.7. The zero-order chi connectivity index (χ0) is 27.3. The first-order chi connectivity index (χ1) is 18.7. The Morgan fingerprint density at radius 2 is 1.74 bits per heavy atom. The third kappa shape index (κ3) is 4.55. The quantitative estimate of drug-likeness (QED) is 0.226. The Kier molecular flexibility index (Phi) is 5.76. The lowest BCUT2D eigenvalue weighted by atomic mass is 9.88. The second kappa shape index (κ2) is 9.17. The molecule has 6 rings (SSSR count). The van der Waals surface area contributed by atoms with Crippen LogP contribution in [0.5, 0.6) is 11.5 Å². The molecule has 194 valence electrons. The van der Waals surface area contributed by atoms with E-state index in [1.165, 1.54) is 6.07 Å². The average Bonchev–Trinajstić information content (AvgIpc) is 3.48. The van der Waals surface area contributed by atoms with Gasteiger partial charge in [0, 0.05) is 54.2 Å². The van der Waals surface area contributed by atoms with E-state index in [2.05, 4.69) is 46.0 Å². The van der Waals surface area contributed by atoms with Crippen molar-refractivity contribution in [2.75, 3.05) is 18.6 Å². The minimum Gasteiger partial charge on any atom is -0.459 e. The molecule has 39 heavy (non-hydrogen) atoms. The molecular formula is C32H28FN5O. The van der Waals surface area contributed by atoms with Crippen LogP contribution in [0.1, 0.15) is 26.3 Å². The maximum Gasteiger partial charge on any atom is 0.192 e. The molecule has 0 bridgehead atoms. The number of benzene rings is 3. The molecule has 0 N–H and O–H groups in total. The van der Waals surface area contributed by atoms with E-state index in [0.717, 1.165) is 38.9 Å². The Morgan fingerprint density at radius 1 is 0.897 bits per heavy atom. The smallest absolute Gasteiger partial charge is 0.192 e. The monoisotopic (exact) mass is 517 g/mol. The minimum atomic E-state index is -0.289. The topological polar surface area (TPSA) is 37.9 Å². The van der Waals surface area contributed by atoms with Crippen molar-refractivity contribution < 1.29 is 9.13 Å². The normalized spacial score (nSPS) is 13.4. The van der Waals surface area contributed by atoms with Gasteiger partial charge in [0.05, 0.1) is 24.3 Å². The average molecular weight is 518 g/mol. The lowest BCUT2D eigenvalue weighted by Crippen LogP contribution is -2.21. The summed E-state index contributed by atoms with van der Waals surface area (Å²) in [6, 6.07) is 20.3. The van der Waals surface area contributed by atoms with Gasteiger partial charge < -0.3 is 14.5 Å². The van der Waals surface area contributed by atoms with Gasteiger partial charge in [0.15, 0.2) is 5.69 Å². The van der Waals surface area contributed by atoms with Crippen molar-refractivity contribution in [3.63, 3.8) is 0 Å². The molecule has 7 heteroatoms. The Balaban J connectivity index is 1.48. The number of ether oxygens (including phenoxy) is 1. The van der Waals surface area contributed by atoms with E-state index in [1.54, 1.807) is 18.2 Å². The van der Waals surface area contributed by atoms with Gasteiger partial charge in [0.2, 0.25) is 0 Å². The number of rotatable bonds is 4. The van der Waals surface area contributed by atoms with Crippen molar-refractivity contribution in [2.45, 2.75) is 26.2 Å². The lowest BCUT2D eigenvalue weighted by Gasteiger charge is -2.20. The van der Waals surface area contributed by atoms with Gasteiger partial charge >= 0.3 is 0 Å². The van der Waals surface area contributed by atoms with Crippen LogP contribution in [-0.4, -0.2) is 28.2 Å². The van der Waals surface area contributed by atoms with Crippen molar-refractivity contribution in [1.82, 2.24) is 14.5 Å². The molecule has 2 aromatic heterocycles. The van der Waals surface area contributed by atoms with Crippen molar-refractivity contribution in [3.8, 4) is 17.3 Å². The third-order valence-corrected chi connectivity index (χ3v) is 6.99. The SMILES string of the molecule is [C-]#[N+]c1cc(Oc2ccc3c4cc(F)ccc4n(-c4cc(C(C)(C)C)ccn4)c3c2)cc(N2C=CN(C)C2)c1. The Bertz CT molecular complexity index is 1810. The number of nitrogens with zero attached hydrogens (tertiary/aromatic N) is 5. The zero-order valence-corrected chi connectivity index (χ0v) is 22.3. The number of hydrogen-bond acceptors (Lipinski definition) is 4. The van der Waals surface area contributed by atoms with Crippen LogP contribution in [0.15, 0.2) is 85.3 Å². The fourth-order valence-electron chi connectivity index (χ4n) is 4.98. The Hall–Kier alpha value is -4.83. The van der Waals surface area contributed by atoms with E-state index < -0.39 is 0 Å². The van der Waals surface area contributed by atoms with Crippen LogP contribution in [-0.2, 0) is 5.41 Å². The molecule has 3 heterocycles. The predicted octanol–water partition coefficient (Wildman–Crippen LogP) is 8.14. The van der Waals surface area contributed by atoms with Crippen molar-refractivity contribution in [3.05, 3.63) is 108 Å². The molecule has 0 fully saturated rings. The predicted molar refractivity (Wildman–Crippen MR) is 154 cm³/mol. The molecule has 0 saturated carbocycles. The first-order valence-corrected chi connectivity index (χ1v) is 12.8. The molecule has 0 spiro atoms. The van der Waals surface area contributed by atoms with Crippen LogP contribution < -0.4 is 9.64 Å². The summed E-state index contributed by atoms with van der Waals surface area (Å²) in [4.78, 5) is 12.5. The van der Waals surface area contributed by atoms with E-state index in [9.17, 15) is 4.39 Å². The molecule has 1 aliphatic rings. The summed E-state index contributed by atoms with van der Waals surface area (Å²) in [7, 11) is 2.00. The van der Waals surface area contributed by atoms with Crippen molar-refractivity contribution in [2.24, 2.45) is 0 Å². The highest BCUT2D eigenvalue weighted by atomic mass is 19.1. The third-order valence-electron chi connectivity index (χ3n) is 6.99. The Labute approximate surface area is 227 Å². The van der Waals surface area contributed by atoms with Gasteiger partial charge in [-0.15, -0.1) is 0 Å².